The van der Waals surface area contributed by atoms with Gasteiger partial charge in [-0.3, -0.25) is 14.4 Å². The standard InChI is InChI=1S/C32H43F2N7O2/c1-5-28(42)38-13-11-37(12-14-38)26-18-40-24(26)8-6-7-23-25(40)15-27(36-29(23)31(33)34)39-10-9-32(16-21(39)3)30-20(2)17-35-41(30)22(4)19-43-32/h5,15,17,21-22,24,26,31H,1,6-14,16,18-19H2,2-4H3/t21-,22-,24?,26-,32-/m1/s1. The fourth-order valence-electron chi connectivity index (χ4n) is 8.47. The number of hydrogen-bond acceptors (Lipinski definition) is 7. The Hall–Kier alpha value is -3.05. The van der Waals surface area contributed by atoms with Crippen LogP contribution in [0.5, 0.6) is 0 Å². The smallest absolute Gasteiger partial charge is 0.280 e. The van der Waals surface area contributed by atoms with E-state index < -0.39 is 12.0 Å². The van der Waals surface area contributed by atoms with Crippen LogP contribution in [0.1, 0.15) is 74.5 Å². The number of nitrogens with zero attached hydrogens (tertiary/aromatic N) is 7. The van der Waals surface area contributed by atoms with Gasteiger partial charge in [-0.2, -0.15) is 5.10 Å². The Labute approximate surface area is 252 Å². The summed E-state index contributed by atoms with van der Waals surface area (Å²) in [4.78, 5) is 25.6. The van der Waals surface area contributed by atoms with E-state index in [0.717, 1.165) is 62.3 Å². The van der Waals surface area contributed by atoms with Crippen molar-refractivity contribution in [3.05, 3.63) is 47.4 Å². The van der Waals surface area contributed by atoms with Crippen LogP contribution < -0.4 is 9.80 Å². The van der Waals surface area contributed by atoms with Crippen LogP contribution in [0.15, 0.2) is 24.9 Å². The van der Waals surface area contributed by atoms with Crippen LogP contribution in [-0.2, 0) is 21.6 Å². The van der Waals surface area contributed by atoms with Gasteiger partial charge in [-0.05, 0) is 58.1 Å². The van der Waals surface area contributed by atoms with Crippen molar-refractivity contribution >= 4 is 17.4 Å². The van der Waals surface area contributed by atoms with Gasteiger partial charge < -0.3 is 19.4 Å². The third-order valence-corrected chi connectivity index (χ3v) is 10.7. The molecule has 3 fully saturated rings. The van der Waals surface area contributed by atoms with Crippen molar-refractivity contribution in [1.29, 1.82) is 0 Å². The minimum atomic E-state index is -2.62. The molecular weight excluding hydrogens is 552 g/mol. The molecule has 0 N–H and O–H groups in total. The molecule has 1 amide bonds. The molecule has 2 aromatic rings. The number of halogens is 2. The van der Waals surface area contributed by atoms with E-state index >= 15 is 0 Å². The number of carbonyl (C=O) groups is 1. The first-order valence-electron chi connectivity index (χ1n) is 15.9. The Balaban J connectivity index is 1.14. The van der Waals surface area contributed by atoms with Gasteiger partial charge >= 0.3 is 0 Å². The SMILES string of the molecule is C=CC(=O)N1CCN([C@@H]2CN3c4cc(N5CC[C@]6(C[C@H]5C)OC[C@@H](C)n5ncc(C)c56)nc(C(F)F)c4CCCC23)CC1. The molecule has 9 nitrogen and oxygen atoms in total. The molecule has 0 aromatic carbocycles. The predicted octanol–water partition coefficient (Wildman–Crippen LogP) is 4.22. The van der Waals surface area contributed by atoms with Crippen molar-refractivity contribution in [2.45, 2.75) is 89.1 Å². The number of fused-ring (bicyclic) bond motifs is 5. The summed E-state index contributed by atoms with van der Waals surface area (Å²) < 4.78 is 37.9. The normalized spacial score (nSPS) is 30.9. The van der Waals surface area contributed by atoms with Crippen LogP contribution in [-0.4, -0.2) is 94.5 Å². The summed E-state index contributed by atoms with van der Waals surface area (Å²) in [5.41, 5.74) is 3.47. The van der Waals surface area contributed by atoms with E-state index in [0.29, 0.717) is 50.1 Å². The summed E-state index contributed by atoms with van der Waals surface area (Å²) in [6.07, 6.45) is 4.66. The van der Waals surface area contributed by atoms with Crippen molar-refractivity contribution in [1.82, 2.24) is 24.6 Å². The minimum absolute atomic E-state index is 0.0129. The van der Waals surface area contributed by atoms with Crippen LogP contribution in [0.3, 0.4) is 0 Å². The van der Waals surface area contributed by atoms with Crippen LogP contribution in [0.2, 0.25) is 0 Å². The summed E-state index contributed by atoms with van der Waals surface area (Å²) in [5, 5.41) is 4.65. The van der Waals surface area contributed by atoms with E-state index in [1.165, 1.54) is 6.08 Å². The second-order valence-corrected chi connectivity index (χ2v) is 13.2. The van der Waals surface area contributed by atoms with Crippen molar-refractivity contribution in [2.24, 2.45) is 0 Å². The molecule has 5 aliphatic rings. The third-order valence-electron chi connectivity index (χ3n) is 10.7. The van der Waals surface area contributed by atoms with Crippen molar-refractivity contribution in [3.8, 4) is 0 Å². The number of rotatable bonds is 4. The van der Waals surface area contributed by atoms with Gasteiger partial charge in [0.1, 0.15) is 17.1 Å². The number of anilines is 2. The number of pyridine rings is 1. The highest BCUT2D eigenvalue weighted by molar-refractivity contribution is 5.87. The maximum atomic E-state index is 14.6. The Bertz CT molecular complexity index is 1410. The van der Waals surface area contributed by atoms with Crippen LogP contribution in [0.4, 0.5) is 20.3 Å². The minimum Gasteiger partial charge on any atom is -0.366 e. The Kier molecular flexibility index (Phi) is 7.23. The number of aromatic nitrogens is 3. The van der Waals surface area contributed by atoms with E-state index in [1.807, 2.05) is 11.1 Å². The van der Waals surface area contributed by atoms with Crippen LogP contribution in [0.25, 0.3) is 0 Å². The van der Waals surface area contributed by atoms with Crippen molar-refractivity contribution < 1.29 is 18.3 Å². The lowest BCUT2D eigenvalue weighted by atomic mass is 9.81. The molecule has 0 radical (unpaired) electrons. The number of aryl methyl sites for hydroxylation is 1. The number of carbonyl (C=O) groups excluding carboxylic acids is 1. The average molecular weight is 596 g/mol. The number of ether oxygens (including phenoxy) is 1. The van der Waals surface area contributed by atoms with Gasteiger partial charge in [0.2, 0.25) is 5.91 Å². The van der Waals surface area contributed by atoms with Gasteiger partial charge in [0.25, 0.3) is 6.43 Å². The third kappa shape index (κ3) is 4.65. The summed E-state index contributed by atoms with van der Waals surface area (Å²) in [6.45, 7) is 15.2. The molecule has 43 heavy (non-hydrogen) atoms. The fourth-order valence-corrected chi connectivity index (χ4v) is 8.47. The maximum Gasteiger partial charge on any atom is 0.280 e. The lowest BCUT2D eigenvalue weighted by Crippen LogP contribution is -2.69. The predicted molar refractivity (Wildman–Crippen MR) is 161 cm³/mol. The van der Waals surface area contributed by atoms with Gasteiger partial charge in [0.15, 0.2) is 0 Å². The summed E-state index contributed by atoms with van der Waals surface area (Å²) in [6, 6.07) is 2.98. The fraction of sp³-hybridized carbons (Fsp3) is 0.656. The first kappa shape index (κ1) is 28.7. The zero-order valence-electron chi connectivity index (χ0n) is 25.5. The summed E-state index contributed by atoms with van der Waals surface area (Å²) in [5.74, 6) is 0.632. The second kappa shape index (κ2) is 10.8. The monoisotopic (exact) mass is 595 g/mol. The molecule has 2 aromatic heterocycles. The van der Waals surface area contributed by atoms with Crippen LogP contribution >= 0.6 is 0 Å². The van der Waals surface area contributed by atoms with Gasteiger partial charge in [0, 0.05) is 81.1 Å². The van der Waals surface area contributed by atoms with E-state index in [1.54, 1.807) is 0 Å². The van der Waals surface area contributed by atoms with E-state index in [9.17, 15) is 13.6 Å². The summed E-state index contributed by atoms with van der Waals surface area (Å²) in [7, 11) is 0. The molecule has 11 heteroatoms. The Morgan fingerprint density at radius 1 is 1.14 bits per heavy atom. The number of piperazine rings is 1. The zero-order chi connectivity index (χ0) is 30.0. The van der Waals surface area contributed by atoms with E-state index in [-0.39, 0.29) is 29.7 Å². The molecule has 5 atom stereocenters. The molecular formula is C32H43F2N7O2. The molecule has 232 valence electrons. The Morgan fingerprint density at radius 3 is 2.65 bits per heavy atom. The van der Waals surface area contributed by atoms with Gasteiger partial charge in [-0.15, -0.1) is 0 Å². The molecule has 7 heterocycles. The first-order chi connectivity index (χ1) is 20.7. The molecule has 0 aliphatic carbocycles. The van der Waals surface area contributed by atoms with Gasteiger partial charge in [0.05, 0.1) is 24.5 Å². The van der Waals surface area contributed by atoms with Crippen LogP contribution in [0, 0.1) is 6.92 Å². The average Bonchev–Trinajstić information content (AvgIpc) is 3.34. The zero-order valence-corrected chi connectivity index (χ0v) is 25.5. The highest BCUT2D eigenvalue weighted by Crippen LogP contribution is 2.47. The molecule has 3 saturated heterocycles. The summed E-state index contributed by atoms with van der Waals surface area (Å²) >= 11 is 0. The molecule has 7 rings (SSSR count). The second-order valence-electron chi connectivity index (χ2n) is 13.2. The molecule has 0 bridgehead atoms. The van der Waals surface area contributed by atoms with E-state index in [4.69, 9.17) is 4.74 Å². The largest absolute Gasteiger partial charge is 0.366 e. The van der Waals surface area contributed by atoms with Gasteiger partial charge in [-0.1, -0.05) is 6.58 Å². The number of hydrogen-bond donors (Lipinski definition) is 0. The maximum absolute atomic E-state index is 14.6. The first-order valence-corrected chi connectivity index (χ1v) is 15.9. The van der Waals surface area contributed by atoms with Crippen molar-refractivity contribution in [3.63, 3.8) is 0 Å². The molecule has 1 unspecified atom stereocenters. The van der Waals surface area contributed by atoms with Gasteiger partial charge in [-0.25, -0.2) is 13.8 Å². The topological polar surface area (TPSA) is 70.0 Å². The molecule has 1 spiro atoms. The van der Waals surface area contributed by atoms with Crippen molar-refractivity contribution in [2.75, 3.05) is 55.7 Å². The lowest BCUT2D eigenvalue weighted by molar-refractivity contribution is -0.128. The molecule has 5 aliphatic heterocycles. The quantitative estimate of drug-likeness (QED) is 0.491. The number of amides is 1. The number of piperidine rings is 1. The molecule has 0 saturated carbocycles. The Morgan fingerprint density at radius 2 is 1.93 bits per heavy atom. The number of alkyl halides is 2. The highest BCUT2D eigenvalue weighted by Gasteiger charge is 2.49. The highest BCUT2D eigenvalue weighted by atomic mass is 19.3. The van der Waals surface area contributed by atoms with E-state index in [2.05, 4.69) is 62.9 Å². The lowest BCUT2D eigenvalue weighted by Gasteiger charge is -2.55.